The molecule has 0 aliphatic rings. The van der Waals surface area contributed by atoms with Gasteiger partial charge in [-0.3, -0.25) is 9.59 Å². The molecule has 1 N–H and O–H groups in total. The van der Waals surface area contributed by atoms with Gasteiger partial charge in [-0.05, 0) is 18.2 Å². The van der Waals surface area contributed by atoms with Gasteiger partial charge in [0.15, 0.2) is 0 Å². The molecule has 0 fully saturated rings. The first-order valence-corrected chi connectivity index (χ1v) is 6.32. The van der Waals surface area contributed by atoms with Crippen molar-refractivity contribution in [2.75, 3.05) is 24.4 Å². The first-order valence-electron chi connectivity index (χ1n) is 5.00. The van der Waals surface area contributed by atoms with Gasteiger partial charge in [0.05, 0.1) is 12.2 Å². The van der Waals surface area contributed by atoms with Crippen LogP contribution in [0, 0.1) is 5.82 Å². The number of rotatable bonds is 4. The average molecular weight is 338 g/mol. The quantitative estimate of drug-likeness (QED) is 0.853. The summed E-state index contributed by atoms with van der Waals surface area (Å²) in [6, 6.07) is 4.27. The largest absolute Gasteiger partial charge is 0.346 e. The second kappa shape index (κ2) is 6.70. The fourth-order valence-electron chi connectivity index (χ4n) is 1.22. The first-order chi connectivity index (χ1) is 8.45. The van der Waals surface area contributed by atoms with Gasteiger partial charge in [-0.2, -0.15) is 0 Å². The van der Waals surface area contributed by atoms with Gasteiger partial charge in [0, 0.05) is 11.5 Å². The molecule has 0 bridgehead atoms. The number of alkyl halides is 1. The van der Waals surface area contributed by atoms with Crippen LogP contribution >= 0.6 is 27.5 Å². The molecule has 0 saturated carbocycles. The van der Waals surface area contributed by atoms with E-state index in [1.165, 1.54) is 25.2 Å². The maximum Gasteiger partial charge on any atom is 0.246 e. The lowest BCUT2D eigenvalue weighted by Crippen LogP contribution is -2.38. The normalized spacial score (nSPS) is 10.0. The number of anilines is 1. The number of carbonyl (C=O) groups is 2. The highest BCUT2D eigenvalue weighted by atomic mass is 79.9. The predicted octanol–water partition coefficient (Wildman–Crippen LogP) is 1.91. The summed E-state index contributed by atoms with van der Waals surface area (Å²) in [6.07, 6.45) is 0. The van der Waals surface area contributed by atoms with E-state index < -0.39 is 17.6 Å². The molecule has 0 aromatic heterocycles. The molecule has 98 valence electrons. The minimum Gasteiger partial charge on any atom is -0.346 e. The van der Waals surface area contributed by atoms with Crippen LogP contribution < -0.4 is 10.2 Å². The van der Waals surface area contributed by atoms with Gasteiger partial charge >= 0.3 is 0 Å². The van der Waals surface area contributed by atoms with Crippen LogP contribution in [0.4, 0.5) is 10.1 Å². The summed E-state index contributed by atoms with van der Waals surface area (Å²) < 4.78 is 14.2. The molecule has 0 spiro atoms. The summed E-state index contributed by atoms with van der Waals surface area (Å²) in [5.41, 5.74) is 0.134. The molecule has 0 aliphatic heterocycles. The maximum absolute atomic E-state index is 13.5. The summed E-state index contributed by atoms with van der Waals surface area (Å²) in [5, 5.41) is 2.32. The van der Waals surface area contributed by atoms with Crippen molar-refractivity contribution in [1.29, 1.82) is 0 Å². The highest BCUT2D eigenvalue weighted by Gasteiger charge is 2.15. The topological polar surface area (TPSA) is 49.4 Å². The Kier molecular flexibility index (Phi) is 5.55. The molecule has 0 atom stereocenters. The van der Waals surface area contributed by atoms with Gasteiger partial charge in [-0.1, -0.05) is 15.9 Å². The van der Waals surface area contributed by atoms with E-state index in [1.807, 2.05) is 0 Å². The van der Waals surface area contributed by atoms with Gasteiger partial charge in [-0.15, -0.1) is 11.6 Å². The van der Waals surface area contributed by atoms with Crippen molar-refractivity contribution >= 4 is 45.0 Å². The molecule has 0 heterocycles. The van der Waals surface area contributed by atoms with Gasteiger partial charge in [0.1, 0.15) is 11.7 Å². The monoisotopic (exact) mass is 336 g/mol. The number of nitrogens with zero attached hydrogens (tertiary/aromatic N) is 1. The lowest BCUT2D eigenvalue weighted by atomic mass is 10.3. The van der Waals surface area contributed by atoms with Gasteiger partial charge in [0.25, 0.3) is 0 Å². The Hall–Kier alpha value is -1.14. The zero-order valence-electron chi connectivity index (χ0n) is 9.54. The highest BCUT2D eigenvalue weighted by Crippen LogP contribution is 2.22. The summed E-state index contributed by atoms with van der Waals surface area (Å²) in [7, 11) is 1.43. The minimum absolute atomic E-state index is 0.134. The van der Waals surface area contributed by atoms with E-state index in [-0.39, 0.29) is 18.1 Å². The Morgan fingerprint density at radius 2 is 2.17 bits per heavy atom. The molecule has 0 aliphatic carbocycles. The number of likely N-dealkylation sites (N-methyl/N-ethyl adjacent to an activating group) is 1. The van der Waals surface area contributed by atoms with Crippen LogP contribution in [-0.2, 0) is 9.59 Å². The lowest BCUT2D eigenvalue weighted by molar-refractivity contribution is -0.123. The smallest absolute Gasteiger partial charge is 0.246 e. The Bertz CT molecular complexity index is 470. The fraction of sp³-hybridized carbons (Fsp3) is 0.273. The Labute approximate surface area is 117 Å². The van der Waals surface area contributed by atoms with E-state index in [0.29, 0.717) is 4.47 Å². The van der Waals surface area contributed by atoms with E-state index in [9.17, 15) is 14.0 Å². The second-order valence-electron chi connectivity index (χ2n) is 3.46. The van der Waals surface area contributed by atoms with E-state index in [1.54, 1.807) is 0 Å². The third kappa shape index (κ3) is 3.96. The van der Waals surface area contributed by atoms with Crippen LogP contribution in [0.2, 0.25) is 0 Å². The molecule has 0 unspecified atom stereocenters. The minimum atomic E-state index is -0.516. The number of hydrogen-bond acceptors (Lipinski definition) is 2. The summed E-state index contributed by atoms with van der Waals surface area (Å²) >= 11 is 8.47. The molecule has 4 nitrogen and oxygen atoms in total. The summed E-state index contributed by atoms with van der Waals surface area (Å²) in [6.45, 7) is -0.228. The Morgan fingerprint density at radius 1 is 1.50 bits per heavy atom. The third-order valence-corrected chi connectivity index (χ3v) is 2.94. The van der Waals surface area contributed by atoms with Crippen LogP contribution in [0.3, 0.4) is 0 Å². The third-order valence-electron chi connectivity index (χ3n) is 2.20. The van der Waals surface area contributed by atoms with Crippen LogP contribution in [0.1, 0.15) is 0 Å². The molecule has 18 heavy (non-hydrogen) atoms. The van der Waals surface area contributed by atoms with E-state index in [0.717, 1.165) is 4.90 Å². The van der Waals surface area contributed by atoms with Crippen LogP contribution in [0.5, 0.6) is 0 Å². The molecule has 2 amide bonds. The number of nitrogens with one attached hydrogen (secondary N) is 1. The number of hydrogen-bond donors (Lipinski definition) is 1. The molecule has 1 aromatic carbocycles. The maximum atomic E-state index is 13.5. The standard InChI is InChI=1S/C11H11BrClFN2O2/c1-16(11(18)6-15-10(17)5-13)9-4-7(12)2-3-8(9)14/h2-4H,5-6H2,1H3,(H,15,17). The Morgan fingerprint density at radius 3 is 2.78 bits per heavy atom. The molecule has 1 aromatic rings. The molecule has 0 radical (unpaired) electrons. The molecule has 0 saturated heterocycles. The van der Waals surface area contributed by atoms with Crippen molar-refractivity contribution in [2.45, 2.75) is 0 Å². The van der Waals surface area contributed by atoms with Gasteiger partial charge in [0.2, 0.25) is 11.8 Å². The van der Waals surface area contributed by atoms with Crippen molar-refractivity contribution in [1.82, 2.24) is 5.32 Å². The highest BCUT2D eigenvalue weighted by molar-refractivity contribution is 9.10. The number of halogens is 3. The zero-order valence-corrected chi connectivity index (χ0v) is 11.9. The van der Waals surface area contributed by atoms with Crippen molar-refractivity contribution in [3.05, 3.63) is 28.5 Å². The number of carbonyl (C=O) groups excluding carboxylic acids is 2. The second-order valence-corrected chi connectivity index (χ2v) is 4.64. The van der Waals surface area contributed by atoms with Crippen LogP contribution in [0.15, 0.2) is 22.7 Å². The van der Waals surface area contributed by atoms with Crippen molar-refractivity contribution in [2.24, 2.45) is 0 Å². The lowest BCUT2D eigenvalue weighted by Gasteiger charge is -2.18. The molecule has 1 rings (SSSR count). The van der Waals surface area contributed by atoms with E-state index >= 15 is 0 Å². The van der Waals surface area contributed by atoms with Gasteiger partial charge in [-0.25, -0.2) is 4.39 Å². The molecule has 7 heteroatoms. The SMILES string of the molecule is CN(C(=O)CNC(=O)CCl)c1cc(Br)ccc1F. The van der Waals surface area contributed by atoms with Crippen molar-refractivity contribution in [3.8, 4) is 0 Å². The average Bonchev–Trinajstić information content (AvgIpc) is 2.37. The summed E-state index contributed by atoms with van der Waals surface area (Å²) in [4.78, 5) is 23.7. The van der Waals surface area contributed by atoms with E-state index in [4.69, 9.17) is 11.6 Å². The Balaban J connectivity index is 2.74. The zero-order chi connectivity index (χ0) is 13.7. The predicted molar refractivity (Wildman–Crippen MR) is 71.2 cm³/mol. The molecular formula is C11H11BrClFN2O2. The fourth-order valence-corrected chi connectivity index (χ4v) is 1.66. The van der Waals surface area contributed by atoms with Crippen molar-refractivity contribution in [3.63, 3.8) is 0 Å². The van der Waals surface area contributed by atoms with Crippen LogP contribution in [0.25, 0.3) is 0 Å². The number of benzene rings is 1. The van der Waals surface area contributed by atoms with Crippen LogP contribution in [-0.4, -0.2) is 31.3 Å². The van der Waals surface area contributed by atoms with E-state index in [2.05, 4.69) is 21.2 Å². The first kappa shape index (κ1) is 14.9. The molecular weight excluding hydrogens is 326 g/mol. The summed E-state index contributed by atoms with van der Waals surface area (Å²) in [5.74, 6) is -1.63. The van der Waals surface area contributed by atoms with Crippen molar-refractivity contribution < 1.29 is 14.0 Å². The van der Waals surface area contributed by atoms with Gasteiger partial charge < -0.3 is 10.2 Å². The number of amides is 2.